The third kappa shape index (κ3) is 15.5. The molecule has 0 aromatic heterocycles. The lowest BCUT2D eigenvalue weighted by molar-refractivity contribution is -0.158. The first-order chi connectivity index (χ1) is 16.3. The van der Waals surface area contributed by atoms with Gasteiger partial charge in [0.05, 0.1) is 0 Å². The van der Waals surface area contributed by atoms with Crippen LogP contribution in [0.5, 0.6) is 0 Å². The van der Waals surface area contributed by atoms with Crippen LogP contribution in [0, 0.1) is 0 Å². The Morgan fingerprint density at radius 3 is 1.83 bits per heavy atom. The Labute approximate surface area is 203 Å². The Morgan fingerprint density at radius 2 is 1.37 bits per heavy atom. The maximum absolute atomic E-state index is 12.8. The van der Waals surface area contributed by atoms with Crippen molar-refractivity contribution in [3.63, 3.8) is 0 Å². The van der Waals surface area contributed by atoms with E-state index in [0.29, 0.717) is 12.8 Å². The number of guanidine groups is 2. The molecule has 3 atom stereocenters. The van der Waals surface area contributed by atoms with E-state index in [4.69, 9.17) is 32.8 Å². The Morgan fingerprint density at radius 1 is 0.829 bits per heavy atom. The van der Waals surface area contributed by atoms with E-state index in [0.717, 1.165) is 0 Å². The number of nitrogens with two attached hydrogens (primary N) is 4. The molecule has 0 aliphatic carbocycles. The van der Waals surface area contributed by atoms with Gasteiger partial charge < -0.3 is 43.4 Å². The summed E-state index contributed by atoms with van der Waals surface area (Å²) in [4.78, 5) is 67.6. The van der Waals surface area contributed by atoms with Gasteiger partial charge in [0.2, 0.25) is 11.8 Å². The third-order valence-electron chi connectivity index (χ3n) is 4.52. The molecule has 198 valence electrons. The number of ketones is 1. The molecule has 0 heterocycles. The van der Waals surface area contributed by atoms with Crippen LogP contribution < -0.4 is 33.6 Å². The van der Waals surface area contributed by atoms with Crippen LogP contribution in [0.1, 0.15) is 52.4 Å². The van der Waals surface area contributed by atoms with Crippen molar-refractivity contribution in [1.82, 2.24) is 10.6 Å². The average Bonchev–Trinajstić information content (AvgIpc) is 2.74. The van der Waals surface area contributed by atoms with E-state index in [1.54, 1.807) is 0 Å². The second-order valence-electron chi connectivity index (χ2n) is 7.68. The molecule has 0 aliphatic rings. The van der Waals surface area contributed by atoms with Gasteiger partial charge in [-0.2, -0.15) is 0 Å². The summed E-state index contributed by atoms with van der Waals surface area (Å²) in [6.45, 7) is 2.86. The summed E-state index contributed by atoms with van der Waals surface area (Å²) in [6.07, 6.45) is -0.943. The number of Topliss-reactive ketones (excluding diaryl/α,β-unsaturated/α-hetero) is 1. The molecule has 0 saturated heterocycles. The molecular formula is C20H36N8O7. The van der Waals surface area contributed by atoms with Crippen molar-refractivity contribution in [2.24, 2.45) is 32.9 Å². The summed E-state index contributed by atoms with van der Waals surface area (Å²) < 4.78 is 5.26. The van der Waals surface area contributed by atoms with Gasteiger partial charge in [0.15, 0.2) is 23.8 Å². The quantitative estimate of drug-likeness (QED) is 0.0472. The Bertz CT molecular complexity index is 807. The second-order valence-corrected chi connectivity index (χ2v) is 7.68. The zero-order chi connectivity index (χ0) is 27.0. The molecule has 2 amide bonds. The number of nitrogens with zero attached hydrogens (tertiary/aromatic N) is 2. The molecule has 0 aromatic carbocycles. The number of carbonyl (C=O) groups excluding carboxylic acids is 4. The van der Waals surface area contributed by atoms with Gasteiger partial charge in [-0.3, -0.25) is 29.2 Å². The van der Waals surface area contributed by atoms with Gasteiger partial charge >= 0.3 is 11.9 Å². The van der Waals surface area contributed by atoms with Gasteiger partial charge in [0.1, 0.15) is 12.1 Å². The van der Waals surface area contributed by atoms with E-state index in [-0.39, 0.29) is 44.3 Å². The molecule has 0 rings (SSSR count). The number of amides is 2. The standard InChI is InChI=1S/C20H36N8O7/c1-11(29)15(6-4-10-26-20(23)24)35-18(34)14(7-8-16(31)32)28-17(33)13(27-12(2)30)5-3-9-25-19(21)22/h13-15H,3-10H2,1-2H3,(H,27,30)(H,28,33)(H,31,32)(H4,21,22,25)(H4,23,24,26). The molecule has 0 saturated carbocycles. The fourth-order valence-electron chi connectivity index (χ4n) is 2.86. The molecule has 0 aromatic rings. The van der Waals surface area contributed by atoms with Crippen molar-refractivity contribution in [2.45, 2.75) is 70.6 Å². The zero-order valence-corrected chi connectivity index (χ0v) is 20.0. The summed E-state index contributed by atoms with van der Waals surface area (Å²) in [6, 6.07) is -2.41. The van der Waals surface area contributed by atoms with Crippen molar-refractivity contribution in [3.05, 3.63) is 0 Å². The molecule has 0 spiro atoms. The van der Waals surface area contributed by atoms with Crippen molar-refractivity contribution < 1.29 is 33.8 Å². The highest BCUT2D eigenvalue weighted by molar-refractivity contribution is 5.91. The minimum atomic E-state index is -1.37. The zero-order valence-electron chi connectivity index (χ0n) is 20.0. The van der Waals surface area contributed by atoms with Crippen LogP contribution in [-0.4, -0.2) is 77.8 Å². The van der Waals surface area contributed by atoms with Crippen LogP contribution in [0.15, 0.2) is 9.98 Å². The number of hydrogen-bond donors (Lipinski definition) is 7. The van der Waals surface area contributed by atoms with Gasteiger partial charge in [-0.1, -0.05) is 0 Å². The van der Waals surface area contributed by atoms with Gasteiger partial charge in [0, 0.05) is 26.4 Å². The number of esters is 1. The Kier molecular flexibility index (Phi) is 14.8. The first-order valence-corrected chi connectivity index (χ1v) is 10.9. The number of carboxylic acid groups (broad SMARTS) is 1. The molecule has 15 nitrogen and oxygen atoms in total. The number of nitrogens with one attached hydrogen (secondary N) is 2. The highest BCUT2D eigenvalue weighted by Gasteiger charge is 2.30. The van der Waals surface area contributed by atoms with E-state index in [1.807, 2.05) is 0 Å². The highest BCUT2D eigenvalue weighted by atomic mass is 16.5. The van der Waals surface area contributed by atoms with Crippen LogP contribution in [0.2, 0.25) is 0 Å². The predicted octanol–water partition coefficient (Wildman–Crippen LogP) is -2.55. The number of rotatable bonds is 17. The predicted molar refractivity (Wildman–Crippen MR) is 127 cm³/mol. The topological polar surface area (TPSA) is 268 Å². The first-order valence-electron chi connectivity index (χ1n) is 10.9. The summed E-state index contributed by atoms with van der Waals surface area (Å²) in [7, 11) is 0. The monoisotopic (exact) mass is 500 g/mol. The van der Waals surface area contributed by atoms with E-state index in [2.05, 4.69) is 20.6 Å². The van der Waals surface area contributed by atoms with E-state index < -0.39 is 54.1 Å². The lowest BCUT2D eigenvalue weighted by Gasteiger charge is -2.24. The van der Waals surface area contributed by atoms with E-state index in [9.17, 15) is 24.0 Å². The van der Waals surface area contributed by atoms with Gasteiger partial charge in [0.25, 0.3) is 0 Å². The van der Waals surface area contributed by atoms with Crippen LogP contribution in [0.25, 0.3) is 0 Å². The number of carboxylic acids is 1. The van der Waals surface area contributed by atoms with Crippen molar-refractivity contribution in [1.29, 1.82) is 0 Å². The number of ether oxygens (including phenoxy) is 1. The fraction of sp³-hybridized carbons (Fsp3) is 0.650. The van der Waals surface area contributed by atoms with Crippen LogP contribution >= 0.6 is 0 Å². The minimum absolute atomic E-state index is 0.121. The summed E-state index contributed by atoms with van der Waals surface area (Å²) in [5.41, 5.74) is 21.0. The number of aliphatic imine (C=N–C) groups is 2. The molecular weight excluding hydrogens is 464 g/mol. The lowest BCUT2D eigenvalue weighted by atomic mass is 10.1. The number of hydrogen-bond acceptors (Lipinski definition) is 8. The van der Waals surface area contributed by atoms with Gasteiger partial charge in [-0.25, -0.2) is 4.79 Å². The van der Waals surface area contributed by atoms with Crippen molar-refractivity contribution in [3.8, 4) is 0 Å². The van der Waals surface area contributed by atoms with Crippen LogP contribution in [0.3, 0.4) is 0 Å². The molecule has 11 N–H and O–H groups in total. The van der Waals surface area contributed by atoms with Crippen molar-refractivity contribution >= 4 is 41.5 Å². The molecule has 0 fully saturated rings. The molecule has 0 radical (unpaired) electrons. The molecule has 0 bridgehead atoms. The maximum atomic E-state index is 12.8. The average molecular weight is 501 g/mol. The highest BCUT2D eigenvalue weighted by Crippen LogP contribution is 2.10. The molecule has 35 heavy (non-hydrogen) atoms. The number of aliphatic carboxylic acids is 1. The Balaban J connectivity index is 5.36. The number of carbonyl (C=O) groups is 5. The van der Waals surface area contributed by atoms with Gasteiger partial charge in [-0.15, -0.1) is 0 Å². The molecule has 0 aliphatic heterocycles. The largest absolute Gasteiger partial charge is 0.481 e. The molecule has 15 heteroatoms. The van der Waals surface area contributed by atoms with Crippen LogP contribution in [-0.2, 0) is 28.7 Å². The lowest BCUT2D eigenvalue weighted by Crippen LogP contribution is -2.52. The van der Waals surface area contributed by atoms with E-state index in [1.165, 1.54) is 13.8 Å². The fourth-order valence-corrected chi connectivity index (χ4v) is 2.86. The normalized spacial score (nSPS) is 12.9. The summed E-state index contributed by atoms with van der Waals surface area (Å²) in [5, 5.41) is 13.9. The second kappa shape index (κ2) is 16.7. The maximum Gasteiger partial charge on any atom is 0.329 e. The SMILES string of the molecule is CC(=O)NC(CCCN=C(N)N)C(=O)NC(CCC(=O)O)C(=O)OC(CCCN=C(N)N)C(C)=O. The van der Waals surface area contributed by atoms with Crippen LogP contribution in [0.4, 0.5) is 0 Å². The molecule has 3 unspecified atom stereocenters. The third-order valence-corrected chi connectivity index (χ3v) is 4.52. The van der Waals surface area contributed by atoms with Crippen molar-refractivity contribution in [2.75, 3.05) is 13.1 Å². The summed E-state index contributed by atoms with van der Waals surface area (Å²) >= 11 is 0. The smallest absolute Gasteiger partial charge is 0.329 e. The van der Waals surface area contributed by atoms with E-state index >= 15 is 0 Å². The van der Waals surface area contributed by atoms with Gasteiger partial charge in [-0.05, 0) is 39.0 Å². The summed E-state index contributed by atoms with van der Waals surface area (Å²) in [5.74, 6) is -4.09. The minimum Gasteiger partial charge on any atom is -0.481 e. The Hall–Kier alpha value is -3.91. The first kappa shape index (κ1) is 31.1.